The predicted octanol–water partition coefficient (Wildman–Crippen LogP) is 4.63. The van der Waals surface area contributed by atoms with Crippen molar-refractivity contribution in [1.29, 1.82) is 0 Å². The minimum Gasteiger partial charge on any atom is -0.306 e. The highest BCUT2D eigenvalue weighted by atomic mass is 19.1. The van der Waals surface area contributed by atoms with Crippen molar-refractivity contribution in [2.45, 2.75) is 32.2 Å². The summed E-state index contributed by atoms with van der Waals surface area (Å²) < 4.78 is 12.9. The summed E-state index contributed by atoms with van der Waals surface area (Å²) in [5.74, 6) is 0.540. The van der Waals surface area contributed by atoms with Crippen LogP contribution in [0.4, 0.5) is 4.39 Å². The molecule has 28 heavy (non-hydrogen) atoms. The summed E-state index contributed by atoms with van der Waals surface area (Å²) in [5.41, 5.74) is 2.00. The van der Waals surface area contributed by atoms with Crippen LogP contribution < -0.4 is 0 Å². The number of halogens is 1. The summed E-state index contributed by atoms with van der Waals surface area (Å²) in [5, 5.41) is 0. The van der Waals surface area contributed by atoms with Crippen molar-refractivity contribution in [2.24, 2.45) is 5.92 Å². The van der Waals surface area contributed by atoms with Gasteiger partial charge >= 0.3 is 0 Å². The lowest BCUT2D eigenvalue weighted by Gasteiger charge is -2.34. The van der Waals surface area contributed by atoms with Crippen molar-refractivity contribution in [3.63, 3.8) is 0 Å². The summed E-state index contributed by atoms with van der Waals surface area (Å²) in [6.45, 7) is 5.41. The fourth-order valence-corrected chi connectivity index (χ4v) is 3.99. The van der Waals surface area contributed by atoms with Gasteiger partial charge in [0, 0.05) is 25.1 Å². The molecule has 0 saturated carbocycles. The van der Waals surface area contributed by atoms with E-state index >= 15 is 0 Å². The van der Waals surface area contributed by atoms with Gasteiger partial charge in [-0.25, -0.2) is 4.39 Å². The molecule has 0 aromatic heterocycles. The van der Waals surface area contributed by atoms with Crippen LogP contribution in [0.3, 0.4) is 0 Å². The van der Waals surface area contributed by atoms with Gasteiger partial charge in [0.15, 0.2) is 5.78 Å². The van der Waals surface area contributed by atoms with Crippen LogP contribution in [0.25, 0.3) is 0 Å². The lowest BCUT2D eigenvalue weighted by atomic mass is 9.95. The first-order chi connectivity index (χ1) is 13.6. The molecule has 0 bridgehead atoms. The predicted molar refractivity (Wildman–Crippen MR) is 112 cm³/mol. The second kappa shape index (κ2) is 10.5. The van der Waals surface area contributed by atoms with E-state index in [0.29, 0.717) is 12.0 Å². The molecule has 3 nitrogen and oxygen atoms in total. The molecule has 1 heterocycles. The van der Waals surface area contributed by atoms with E-state index in [-0.39, 0.29) is 11.6 Å². The zero-order chi connectivity index (χ0) is 19.8. The van der Waals surface area contributed by atoms with Gasteiger partial charge in [0.25, 0.3) is 0 Å². The van der Waals surface area contributed by atoms with E-state index in [4.69, 9.17) is 0 Å². The summed E-state index contributed by atoms with van der Waals surface area (Å²) in [6, 6.07) is 16.5. The Labute approximate surface area is 168 Å². The van der Waals surface area contributed by atoms with E-state index in [0.717, 1.165) is 45.1 Å². The van der Waals surface area contributed by atoms with Gasteiger partial charge in [-0.05, 0) is 81.7 Å². The average molecular weight is 383 g/mol. The van der Waals surface area contributed by atoms with E-state index in [2.05, 4.69) is 47.2 Å². The molecular formula is C24H31FN2O. The maximum atomic E-state index is 12.9. The van der Waals surface area contributed by atoms with E-state index in [1.807, 2.05) is 0 Å². The largest absolute Gasteiger partial charge is 0.306 e. The van der Waals surface area contributed by atoms with Gasteiger partial charge in [-0.2, -0.15) is 0 Å². The Morgan fingerprint density at radius 1 is 1.07 bits per heavy atom. The Morgan fingerprint density at radius 2 is 1.75 bits per heavy atom. The third kappa shape index (κ3) is 6.54. The number of carbonyl (C=O) groups excluding carboxylic acids is 1. The van der Waals surface area contributed by atoms with Crippen LogP contribution in [0.1, 0.15) is 41.6 Å². The number of hydrogen-bond acceptors (Lipinski definition) is 3. The van der Waals surface area contributed by atoms with Crippen molar-refractivity contribution < 1.29 is 9.18 Å². The van der Waals surface area contributed by atoms with Crippen molar-refractivity contribution in [1.82, 2.24) is 9.80 Å². The molecule has 0 radical (unpaired) electrons. The van der Waals surface area contributed by atoms with Gasteiger partial charge in [-0.15, -0.1) is 0 Å². The Bertz CT molecular complexity index is 724. The highest BCUT2D eigenvalue weighted by Gasteiger charge is 2.20. The van der Waals surface area contributed by atoms with Crippen LogP contribution in [0.5, 0.6) is 0 Å². The smallest absolute Gasteiger partial charge is 0.162 e. The van der Waals surface area contributed by atoms with E-state index in [9.17, 15) is 9.18 Å². The molecule has 0 N–H and O–H groups in total. The molecule has 2 aromatic carbocycles. The van der Waals surface area contributed by atoms with Crippen LogP contribution in [0, 0.1) is 11.7 Å². The molecule has 150 valence electrons. The maximum Gasteiger partial charge on any atom is 0.162 e. The maximum absolute atomic E-state index is 12.9. The van der Waals surface area contributed by atoms with Crippen LogP contribution in [-0.4, -0.2) is 48.8 Å². The molecule has 0 atom stereocenters. The lowest BCUT2D eigenvalue weighted by molar-refractivity contribution is 0.0973. The number of nitrogens with zero attached hydrogens (tertiary/aromatic N) is 2. The Morgan fingerprint density at radius 3 is 2.43 bits per heavy atom. The molecule has 0 unspecified atom stereocenters. The van der Waals surface area contributed by atoms with Crippen molar-refractivity contribution >= 4 is 5.78 Å². The van der Waals surface area contributed by atoms with Gasteiger partial charge in [0.05, 0.1) is 0 Å². The molecule has 2 aromatic rings. The molecule has 4 heteroatoms. The molecule has 1 aliphatic heterocycles. The van der Waals surface area contributed by atoms with Crippen molar-refractivity contribution in [2.75, 3.05) is 33.2 Å². The number of piperidine rings is 1. The van der Waals surface area contributed by atoms with Gasteiger partial charge in [0.2, 0.25) is 0 Å². The number of benzene rings is 2. The molecule has 1 saturated heterocycles. The second-order valence-electron chi connectivity index (χ2n) is 8.00. The number of likely N-dealkylation sites (tertiary alicyclic amines) is 1. The van der Waals surface area contributed by atoms with E-state index < -0.39 is 0 Å². The second-order valence-corrected chi connectivity index (χ2v) is 8.00. The minimum atomic E-state index is -0.300. The van der Waals surface area contributed by atoms with E-state index in [1.54, 1.807) is 12.1 Å². The fraction of sp³-hybridized carbons (Fsp3) is 0.458. The first-order valence-electron chi connectivity index (χ1n) is 10.3. The van der Waals surface area contributed by atoms with Gasteiger partial charge in [-0.3, -0.25) is 9.69 Å². The molecule has 1 fully saturated rings. The third-order valence-corrected chi connectivity index (χ3v) is 5.64. The highest BCUT2D eigenvalue weighted by molar-refractivity contribution is 5.95. The third-order valence-electron chi connectivity index (χ3n) is 5.64. The fourth-order valence-electron chi connectivity index (χ4n) is 3.99. The molecule has 0 spiro atoms. The zero-order valence-electron chi connectivity index (χ0n) is 16.8. The summed E-state index contributed by atoms with van der Waals surface area (Å²) in [7, 11) is 2.15. The highest BCUT2D eigenvalue weighted by Crippen LogP contribution is 2.20. The number of carbonyl (C=O) groups is 1. The van der Waals surface area contributed by atoms with Crippen molar-refractivity contribution in [3.05, 3.63) is 71.5 Å². The molecule has 1 aliphatic rings. The quantitative estimate of drug-likeness (QED) is 0.591. The first kappa shape index (κ1) is 20.7. The van der Waals surface area contributed by atoms with Crippen molar-refractivity contribution in [3.8, 4) is 0 Å². The normalized spacial score (nSPS) is 15.8. The summed E-state index contributed by atoms with van der Waals surface area (Å²) in [4.78, 5) is 17.1. The van der Waals surface area contributed by atoms with E-state index in [1.165, 1.54) is 30.5 Å². The van der Waals surface area contributed by atoms with Gasteiger partial charge in [0.1, 0.15) is 5.82 Å². The number of Topliss-reactive ketones (excluding diaryl/α,β-unsaturated/α-hetero) is 1. The molecular weight excluding hydrogens is 351 g/mol. The topological polar surface area (TPSA) is 23.6 Å². The molecule has 3 rings (SSSR count). The van der Waals surface area contributed by atoms with Gasteiger partial charge < -0.3 is 4.90 Å². The SMILES string of the molecule is CN(CCCC(=O)c1ccc(F)cc1)CC1CCN(Cc2ccccc2)CC1. The molecule has 0 amide bonds. The van der Waals surface area contributed by atoms with Crippen LogP contribution in [0.2, 0.25) is 0 Å². The summed E-state index contributed by atoms with van der Waals surface area (Å²) >= 11 is 0. The first-order valence-corrected chi connectivity index (χ1v) is 10.3. The number of hydrogen-bond donors (Lipinski definition) is 0. The van der Waals surface area contributed by atoms with Gasteiger partial charge in [-0.1, -0.05) is 30.3 Å². The Hall–Kier alpha value is -2.04. The zero-order valence-corrected chi connectivity index (χ0v) is 16.8. The summed E-state index contributed by atoms with van der Waals surface area (Å²) in [6.07, 6.45) is 3.85. The molecule has 0 aliphatic carbocycles. The number of ketones is 1. The van der Waals surface area contributed by atoms with Crippen LogP contribution in [0.15, 0.2) is 54.6 Å². The average Bonchev–Trinajstić information content (AvgIpc) is 2.71. The minimum absolute atomic E-state index is 0.0996. The van der Waals surface area contributed by atoms with Crippen LogP contribution >= 0.6 is 0 Å². The number of rotatable bonds is 9. The monoisotopic (exact) mass is 382 g/mol. The Kier molecular flexibility index (Phi) is 7.75. The lowest BCUT2D eigenvalue weighted by Crippen LogP contribution is -2.37. The Balaban J connectivity index is 1.31. The van der Waals surface area contributed by atoms with Crippen LogP contribution in [-0.2, 0) is 6.54 Å². The standard InChI is InChI=1S/C24H31FN2O/c1-26(15-5-8-24(28)22-9-11-23(25)12-10-22)18-21-13-16-27(17-14-21)19-20-6-3-2-4-7-20/h2-4,6-7,9-12,21H,5,8,13-19H2,1H3.